The van der Waals surface area contributed by atoms with Crippen molar-refractivity contribution < 1.29 is 132 Å². The largest absolute Gasteiger partial charge is 0.458 e. The van der Waals surface area contributed by atoms with Crippen molar-refractivity contribution in [2.45, 2.75) is 242 Å². The number of aliphatic hydroxyl groups is 8. The summed E-state index contributed by atoms with van der Waals surface area (Å²) in [6, 6.07) is 0. The Balaban J connectivity index is 0.912. The quantitative estimate of drug-likeness (QED) is 0.0444. The van der Waals surface area contributed by atoms with Crippen LogP contribution in [-0.4, -0.2) is 234 Å². The van der Waals surface area contributed by atoms with Gasteiger partial charge in [-0.3, -0.25) is 18.7 Å². The van der Waals surface area contributed by atoms with Gasteiger partial charge in [0.2, 0.25) is 0 Å². The summed E-state index contributed by atoms with van der Waals surface area (Å²) in [5.74, 6) is 0.0274. The highest BCUT2D eigenvalue weighted by Gasteiger charge is 2.76. The molecule has 9 aliphatic rings. The van der Waals surface area contributed by atoms with Gasteiger partial charge < -0.3 is 88.2 Å². The number of allylic oxidation sites excluding steroid dienone is 2. The Bertz CT molecular complexity index is 2640. The Morgan fingerprint density at radius 2 is 1.32 bits per heavy atom. The molecule has 0 aromatic carbocycles. The molecule has 5 aliphatic heterocycles. The summed E-state index contributed by atoms with van der Waals surface area (Å²) in [6.45, 7) is 13.3. The lowest BCUT2D eigenvalue weighted by atomic mass is 9.41. The highest BCUT2D eigenvalue weighted by molar-refractivity contribution is 7.81. The van der Waals surface area contributed by atoms with E-state index in [2.05, 4.69) is 38.0 Å². The molecule has 27 atom stereocenters. The molecular formula is C54H86O28S2. The molecule has 0 bridgehead atoms. The molecule has 8 fully saturated rings. The topological polar surface area (TPSA) is 415 Å². The molecule has 10 N–H and O–H groups in total. The highest BCUT2D eigenvalue weighted by atomic mass is 32.3. The Kier molecular flexibility index (Phi) is 19.2. The van der Waals surface area contributed by atoms with Gasteiger partial charge in [-0.05, 0) is 87.4 Å². The minimum atomic E-state index is -5.21. The van der Waals surface area contributed by atoms with Gasteiger partial charge >= 0.3 is 26.8 Å². The first-order chi connectivity index (χ1) is 39.0. The van der Waals surface area contributed by atoms with Crippen LogP contribution in [0.2, 0.25) is 0 Å². The van der Waals surface area contributed by atoms with Gasteiger partial charge in [0.15, 0.2) is 25.2 Å². The normalized spacial score (nSPS) is 48.6. The summed E-state index contributed by atoms with van der Waals surface area (Å²) in [7, 11) is -9.25. The number of aliphatic hydroxyl groups excluding tert-OH is 8. The Hall–Kier alpha value is -2.06. The number of rotatable bonds is 19. The minimum Gasteiger partial charge on any atom is -0.458 e. The SMILES string of the molecule is CO[C@@H]1[C@@H](O)[C@H](O[C@@H]2[C@@H](O)[C@H](O[C@H]3[C@H](O)[C@@H](O)[C@H](O[C@H]4[C@H](O[C@H]5CC[C@]6(C)C7CC[C@]89C(=O)O[C@@](C)(CC(=O)CC(C)C)[C@H]8CC[C@@]9(C)C7=CCC6C5(C)C)OC[C@@H](OS(=O)(=O)O)[C@@H]4O)O[C@@H]3C)O[C@H](COS(=O)(=O)O)[C@H]2O)O[C@H](CO)[C@H]1O. The van der Waals surface area contributed by atoms with E-state index in [0.717, 1.165) is 26.4 Å². The summed E-state index contributed by atoms with van der Waals surface area (Å²) >= 11 is 0. The van der Waals surface area contributed by atoms with Crippen LogP contribution in [0.3, 0.4) is 0 Å². The number of cyclic esters (lactones) is 1. The maximum atomic E-state index is 14.4. The lowest BCUT2D eigenvalue weighted by molar-refractivity contribution is -0.389. The van der Waals surface area contributed by atoms with Gasteiger partial charge in [0.1, 0.15) is 96.8 Å². The van der Waals surface area contributed by atoms with E-state index in [1.165, 1.54) is 12.5 Å². The summed E-state index contributed by atoms with van der Waals surface area (Å²) in [6.07, 6.45) is -27.4. The van der Waals surface area contributed by atoms with Crippen LogP contribution in [0.25, 0.3) is 0 Å². The smallest absolute Gasteiger partial charge is 0.397 e. The predicted octanol–water partition coefficient (Wildman–Crippen LogP) is -0.475. The Morgan fingerprint density at radius 1 is 0.702 bits per heavy atom. The summed E-state index contributed by atoms with van der Waals surface area (Å²) in [5, 5.41) is 89.6. The molecule has 3 saturated carbocycles. The zero-order valence-electron chi connectivity index (χ0n) is 48.6. The summed E-state index contributed by atoms with van der Waals surface area (Å²) in [5.41, 5.74) is -1.82. The Morgan fingerprint density at radius 3 is 1.95 bits per heavy atom. The maximum absolute atomic E-state index is 14.4. The number of fused-ring (bicyclic) bond motifs is 4. The van der Waals surface area contributed by atoms with E-state index in [-0.39, 0.29) is 47.3 Å². The van der Waals surface area contributed by atoms with E-state index in [0.29, 0.717) is 32.1 Å². The van der Waals surface area contributed by atoms with Crippen molar-refractivity contribution in [3.63, 3.8) is 0 Å². The van der Waals surface area contributed by atoms with Crippen LogP contribution >= 0.6 is 0 Å². The number of hydrogen-bond acceptors (Lipinski definition) is 26. The first-order valence-electron chi connectivity index (χ1n) is 28.9. The van der Waals surface area contributed by atoms with Crippen molar-refractivity contribution in [2.75, 3.05) is 26.9 Å². The van der Waals surface area contributed by atoms with Gasteiger partial charge in [0.25, 0.3) is 0 Å². The lowest BCUT2D eigenvalue weighted by Crippen LogP contribution is -2.67. The molecule has 1 spiro atoms. The fraction of sp³-hybridized carbons (Fsp3) is 0.926. The van der Waals surface area contributed by atoms with Crippen LogP contribution < -0.4 is 0 Å². The molecule has 30 heteroatoms. The molecule has 28 nitrogen and oxygen atoms in total. The number of carbonyl (C=O) groups excluding carboxylic acids is 2. The fourth-order valence-electron chi connectivity index (χ4n) is 16.5. The van der Waals surface area contributed by atoms with E-state index < -0.39 is 185 Å². The van der Waals surface area contributed by atoms with Crippen LogP contribution in [0.1, 0.15) is 113 Å². The first kappa shape index (κ1) is 66.4. The van der Waals surface area contributed by atoms with Crippen LogP contribution in [0.4, 0.5) is 0 Å². The number of carbonyl (C=O) groups is 2. The third-order valence-corrected chi connectivity index (χ3v) is 21.4. The number of ether oxygens (including phenoxy) is 10. The predicted molar refractivity (Wildman–Crippen MR) is 282 cm³/mol. The zero-order chi connectivity index (χ0) is 61.8. The van der Waals surface area contributed by atoms with Gasteiger partial charge in [-0.1, -0.05) is 53.2 Å². The molecule has 4 aliphatic carbocycles. The molecule has 0 radical (unpaired) electrons. The second-order valence-electron chi connectivity index (χ2n) is 26.3. The van der Waals surface area contributed by atoms with E-state index in [9.17, 15) is 76.4 Å². The molecule has 5 saturated heterocycles. The molecule has 0 amide bonds. The number of hydrogen-bond donors (Lipinski definition) is 10. The zero-order valence-corrected chi connectivity index (χ0v) is 50.2. The molecular weight excluding hydrogens is 1160 g/mol. The number of esters is 1. The van der Waals surface area contributed by atoms with Crippen LogP contribution in [-0.2, 0) is 86.1 Å². The molecule has 0 aromatic rings. The molecule has 9 rings (SSSR count). The minimum absolute atomic E-state index is 0.00754. The number of Topliss-reactive ketones (excluding diaryl/α,β-unsaturated/α-hetero) is 1. The fourth-order valence-corrected chi connectivity index (χ4v) is 17.3. The van der Waals surface area contributed by atoms with Gasteiger partial charge in [0, 0.05) is 31.3 Å². The van der Waals surface area contributed by atoms with Crippen molar-refractivity contribution in [1.82, 2.24) is 0 Å². The monoisotopic (exact) mass is 1250 g/mol. The average Bonchev–Trinajstić information content (AvgIpc) is 1.44. The van der Waals surface area contributed by atoms with Crippen molar-refractivity contribution in [3.8, 4) is 0 Å². The van der Waals surface area contributed by atoms with Gasteiger partial charge in [-0.15, -0.1) is 0 Å². The number of methoxy groups -OCH3 is 1. The van der Waals surface area contributed by atoms with Crippen molar-refractivity contribution in [3.05, 3.63) is 11.6 Å². The Labute approximate surface area is 488 Å². The second-order valence-corrected chi connectivity index (χ2v) is 28.5. The summed E-state index contributed by atoms with van der Waals surface area (Å²) < 4.78 is 135. The third kappa shape index (κ3) is 12.0. The van der Waals surface area contributed by atoms with E-state index >= 15 is 0 Å². The van der Waals surface area contributed by atoms with E-state index in [1.807, 2.05) is 20.8 Å². The van der Waals surface area contributed by atoms with Crippen molar-refractivity contribution >= 4 is 32.6 Å². The first-order valence-corrected chi connectivity index (χ1v) is 31.6. The van der Waals surface area contributed by atoms with Crippen LogP contribution in [0.5, 0.6) is 0 Å². The molecule has 0 aromatic heterocycles. The molecule has 2 unspecified atom stereocenters. The van der Waals surface area contributed by atoms with E-state index in [1.54, 1.807) is 0 Å². The summed E-state index contributed by atoms with van der Waals surface area (Å²) in [4.78, 5) is 27.7. The molecule has 482 valence electrons. The lowest BCUT2D eigenvalue weighted by Gasteiger charge is -2.64. The highest BCUT2D eigenvalue weighted by Crippen LogP contribution is 2.76. The second kappa shape index (κ2) is 24.3. The van der Waals surface area contributed by atoms with Crippen LogP contribution in [0, 0.1) is 45.3 Å². The maximum Gasteiger partial charge on any atom is 0.397 e. The molecule has 5 heterocycles. The van der Waals surface area contributed by atoms with Gasteiger partial charge in [-0.2, -0.15) is 16.8 Å². The van der Waals surface area contributed by atoms with Crippen molar-refractivity contribution in [2.24, 2.45) is 45.3 Å². The van der Waals surface area contributed by atoms with Crippen molar-refractivity contribution in [1.29, 1.82) is 0 Å². The van der Waals surface area contributed by atoms with Gasteiger partial charge in [-0.25, -0.2) is 8.37 Å². The standard InChI is InChI=1S/C54H86O28S2/c1-23(2)18-25(56)19-53(8)32-13-16-52(7)27-10-11-31-50(4,5)33(14-15-51(31,6)26(27)12-17-54(32,52)49(64)81-53)77-48-44(36(59)30(21-72-48)82-84(68,69)70)80-45-38(61)37(60)41(24(3)74-45)78-47-40(63)43(35(58)29(76-47)22-73-83(65,66)67)79-46-39(62)42(71-9)34(57)28(20-55)75-46/h10,23-24,26,28-48,55,57-63H,11-22H2,1-9H3,(H,65,66,67)(H,68,69,70)/t24-,26?,28-,29-,30-,31?,32-,33+,34-,35-,36+,37-,38-,39-,40-,41-,42+,43+,44-,45+,46+,47+,48+,51-,52+,53+,54-/m1/s1. The average molecular weight is 1250 g/mol. The third-order valence-electron chi connectivity index (χ3n) is 20.5. The number of ketones is 1. The molecule has 84 heavy (non-hydrogen) atoms. The van der Waals surface area contributed by atoms with Crippen LogP contribution in [0.15, 0.2) is 11.6 Å². The van der Waals surface area contributed by atoms with E-state index in [4.69, 9.17) is 51.6 Å². The van der Waals surface area contributed by atoms with Gasteiger partial charge in [0.05, 0.1) is 37.4 Å².